The van der Waals surface area contributed by atoms with E-state index in [-0.39, 0.29) is 12.8 Å². The highest BCUT2D eigenvalue weighted by Gasteiger charge is 2.31. The van der Waals surface area contributed by atoms with E-state index in [1.165, 1.54) is 140 Å². The number of rotatable bonds is 10. The van der Waals surface area contributed by atoms with Crippen LogP contribution in [0.4, 0.5) is 0 Å². The quantitative estimate of drug-likeness (QED) is 0.0837. The summed E-state index contributed by atoms with van der Waals surface area (Å²) in [4.78, 5) is 22.9. The SMILES string of the molecule is O=C(O)CCCCc1cc2c3cccc4c5cccc6c7cccc8c9cccc%10c%11cc(CCCCC(=O)O)cc%12c(c1)c2c1c(c43)c(c65)c(c78)c(c9%10)c1c%11%12. The number of carboxylic acid groups (broad SMARTS) is 2. The number of carbonyl (C=O) groups is 2. The molecule has 13 rings (SSSR count). The van der Waals surface area contributed by atoms with Gasteiger partial charge < -0.3 is 10.2 Å². The van der Waals surface area contributed by atoms with Crippen molar-refractivity contribution in [1.82, 2.24) is 0 Å². The fraction of sp³-hybridized carbons (Fsp3) is 0.154. The van der Waals surface area contributed by atoms with Crippen LogP contribution < -0.4 is 0 Å². The lowest BCUT2D eigenvalue weighted by atomic mass is 9.73. The van der Waals surface area contributed by atoms with Crippen molar-refractivity contribution in [3.8, 4) is 0 Å². The normalized spacial score (nSPS) is 13.1. The molecule has 0 radical (unpaired) electrons. The van der Waals surface area contributed by atoms with E-state index in [1.807, 2.05) is 0 Å². The van der Waals surface area contributed by atoms with Crippen LogP contribution in [-0.4, -0.2) is 22.2 Å². The lowest BCUT2D eigenvalue weighted by Gasteiger charge is -2.29. The molecule has 0 bridgehead atoms. The predicted molar refractivity (Wildman–Crippen MR) is 234 cm³/mol. The lowest BCUT2D eigenvalue weighted by molar-refractivity contribution is -0.138. The number of hydrogen-bond acceptors (Lipinski definition) is 2. The highest BCUT2D eigenvalue weighted by atomic mass is 16.4. The Balaban J connectivity index is 1.31. The first kappa shape index (κ1) is 30.8. The van der Waals surface area contributed by atoms with Gasteiger partial charge in [0, 0.05) is 12.8 Å². The molecule has 0 saturated carbocycles. The van der Waals surface area contributed by atoms with Crippen LogP contribution in [-0.2, 0) is 22.4 Å². The monoisotopic (exact) mass is 722 g/mol. The summed E-state index contributed by atoms with van der Waals surface area (Å²) >= 11 is 0. The largest absolute Gasteiger partial charge is 0.481 e. The van der Waals surface area contributed by atoms with Gasteiger partial charge in [-0.25, -0.2) is 0 Å². The molecule has 266 valence electrons. The third-order valence-corrected chi connectivity index (χ3v) is 13.6. The summed E-state index contributed by atoms with van der Waals surface area (Å²) in [6.07, 6.45) is 4.90. The third kappa shape index (κ3) is 3.66. The second-order valence-corrected chi connectivity index (χ2v) is 16.5. The van der Waals surface area contributed by atoms with Gasteiger partial charge in [0.15, 0.2) is 0 Å². The lowest BCUT2D eigenvalue weighted by Crippen LogP contribution is -2.01. The van der Waals surface area contributed by atoms with E-state index in [0.717, 1.165) is 25.7 Å². The van der Waals surface area contributed by atoms with Crippen LogP contribution in [0.5, 0.6) is 0 Å². The topological polar surface area (TPSA) is 74.6 Å². The summed E-state index contributed by atoms with van der Waals surface area (Å²) in [5.74, 6) is -1.49. The predicted octanol–water partition coefficient (Wildman–Crippen LogP) is 13.7. The molecule has 56 heavy (non-hydrogen) atoms. The summed E-state index contributed by atoms with van der Waals surface area (Å²) in [6, 6.07) is 37.3. The molecule has 2 N–H and O–H groups in total. The summed E-state index contributed by atoms with van der Waals surface area (Å²) in [7, 11) is 0. The van der Waals surface area contributed by atoms with Crippen molar-refractivity contribution in [3.63, 3.8) is 0 Å². The number of unbranched alkanes of at least 4 members (excludes halogenated alkanes) is 2. The summed E-state index contributed by atoms with van der Waals surface area (Å²) in [6.45, 7) is 0. The van der Waals surface area contributed by atoms with E-state index in [0.29, 0.717) is 12.8 Å². The van der Waals surface area contributed by atoms with Crippen LogP contribution in [0.1, 0.15) is 49.7 Å². The van der Waals surface area contributed by atoms with Crippen molar-refractivity contribution in [2.45, 2.75) is 51.4 Å². The molecule has 0 atom stereocenters. The number of aryl methyl sites for hydroxylation is 2. The van der Waals surface area contributed by atoms with Gasteiger partial charge in [0.25, 0.3) is 0 Å². The first-order valence-electron chi connectivity index (χ1n) is 20.1. The van der Waals surface area contributed by atoms with E-state index in [4.69, 9.17) is 0 Å². The summed E-state index contributed by atoms with van der Waals surface area (Å²) in [5, 5.41) is 50.6. The van der Waals surface area contributed by atoms with Gasteiger partial charge in [-0.05, 0) is 179 Å². The van der Waals surface area contributed by atoms with Gasteiger partial charge in [-0.15, -0.1) is 0 Å². The number of aliphatic carboxylic acids is 2. The number of fused-ring (bicyclic) bond motifs is 6. The fourth-order valence-corrected chi connectivity index (χ4v) is 11.6. The van der Waals surface area contributed by atoms with Gasteiger partial charge in [-0.3, -0.25) is 9.59 Å². The van der Waals surface area contributed by atoms with Crippen LogP contribution in [0, 0.1) is 0 Å². The van der Waals surface area contributed by atoms with E-state index >= 15 is 0 Å². The molecule has 0 aliphatic rings. The summed E-state index contributed by atoms with van der Waals surface area (Å²) < 4.78 is 0. The molecule has 0 aliphatic heterocycles. The molecule has 0 unspecified atom stereocenters. The first-order valence-corrected chi connectivity index (χ1v) is 20.1. The van der Waals surface area contributed by atoms with Crippen molar-refractivity contribution in [2.75, 3.05) is 0 Å². The molecule has 0 saturated heterocycles. The number of hydrogen-bond donors (Lipinski definition) is 2. The van der Waals surface area contributed by atoms with E-state index in [9.17, 15) is 19.8 Å². The Kier molecular flexibility index (Phi) is 5.83. The van der Waals surface area contributed by atoms with Gasteiger partial charge in [0.1, 0.15) is 0 Å². The van der Waals surface area contributed by atoms with E-state index < -0.39 is 11.9 Å². The highest BCUT2D eigenvalue weighted by Crippen LogP contribution is 2.60. The van der Waals surface area contributed by atoms with E-state index in [1.54, 1.807) is 0 Å². The molecule has 0 amide bonds. The molecule has 4 heteroatoms. The zero-order chi connectivity index (χ0) is 37.1. The van der Waals surface area contributed by atoms with Crippen LogP contribution in [0.2, 0.25) is 0 Å². The average molecular weight is 723 g/mol. The van der Waals surface area contributed by atoms with Crippen molar-refractivity contribution >= 4 is 141 Å². The maximum absolute atomic E-state index is 11.5. The Hall–Kier alpha value is -6.52. The van der Waals surface area contributed by atoms with Crippen LogP contribution in [0.3, 0.4) is 0 Å². The fourth-order valence-electron chi connectivity index (χ4n) is 11.6. The Morgan fingerprint density at radius 1 is 0.321 bits per heavy atom. The molecule has 0 fully saturated rings. The maximum Gasteiger partial charge on any atom is 0.303 e. The minimum atomic E-state index is -0.744. The Morgan fingerprint density at radius 3 is 0.821 bits per heavy atom. The minimum absolute atomic E-state index is 0.180. The van der Waals surface area contributed by atoms with Crippen molar-refractivity contribution in [3.05, 3.63) is 108 Å². The van der Waals surface area contributed by atoms with Gasteiger partial charge >= 0.3 is 11.9 Å². The van der Waals surface area contributed by atoms with Gasteiger partial charge in [0.2, 0.25) is 0 Å². The van der Waals surface area contributed by atoms with Gasteiger partial charge in [-0.2, -0.15) is 0 Å². The number of benzene rings is 13. The molecular weight excluding hydrogens is 689 g/mol. The minimum Gasteiger partial charge on any atom is -0.481 e. The van der Waals surface area contributed by atoms with Gasteiger partial charge in [0.05, 0.1) is 0 Å². The Labute approximate surface area is 319 Å². The Bertz CT molecular complexity index is 3510. The molecule has 0 aliphatic carbocycles. The molecule has 0 heterocycles. The zero-order valence-corrected chi connectivity index (χ0v) is 30.6. The standard InChI is InChI=1S/C52H34O4/c53-39(54)19-3-1-9-25-21-35-33-17-7-15-31-29-13-5-11-27-28-12-6-14-30-32-16-8-18-34-36-22-26(10-2-4-20-40(55)56)24-38-37(23-25)45(35)51-49(43(31)33)47(41(27)29)48(42(28)30)50(44(32)34)52(51)46(36)38/h5-8,11-18,21-24H,1-4,9-10,19-20H2,(H,53,54)(H,55,56). The second kappa shape index (κ2) is 10.6. The van der Waals surface area contributed by atoms with Crippen LogP contribution in [0.25, 0.3) is 129 Å². The zero-order valence-electron chi connectivity index (χ0n) is 30.6. The highest BCUT2D eigenvalue weighted by molar-refractivity contribution is 6.61. The maximum atomic E-state index is 11.5. The molecule has 4 nitrogen and oxygen atoms in total. The third-order valence-electron chi connectivity index (χ3n) is 13.6. The second-order valence-electron chi connectivity index (χ2n) is 16.5. The number of carboxylic acids is 2. The van der Waals surface area contributed by atoms with Crippen molar-refractivity contribution in [2.24, 2.45) is 0 Å². The molecule has 13 aromatic carbocycles. The summed E-state index contributed by atoms with van der Waals surface area (Å²) in [5.41, 5.74) is 2.48. The molecular formula is C52H34O4. The van der Waals surface area contributed by atoms with E-state index in [2.05, 4.69) is 97.1 Å². The van der Waals surface area contributed by atoms with Crippen LogP contribution in [0.15, 0.2) is 97.1 Å². The van der Waals surface area contributed by atoms with Gasteiger partial charge in [-0.1, -0.05) is 97.1 Å². The van der Waals surface area contributed by atoms with Crippen molar-refractivity contribution < 1.29 is 19.8 Å². The average Bonchev–Trinajstić information content (AvgIpc) is 3.21. The van der Waals surface area contributed by atoms with Crippen LogP contribution >= 0.6 is 0 Å². The first-order chi connectivity index (χ1) is 27.5. The molecule has 0 spiro atoms. The Morgan fingerprint density at radius 2 is 0.554 bits per heavy atom. The van der Waals surface area contributed by atoms with Crippen molar-refractivity contribution in [1.29, 1.82) is 0 Å². The molecule has 0 aromatic heterocycles. The molecule has 13 aromatic rings. The smallest absolute Gasteiger partial charge is 0.303 e.